The number of carboxylic acid groups (broad SMARTS) is 1. The highest BCUT2D eigenvalue weighted by Crippen LogP contribution is 2.42. The molecule has 1 saturated carbocycles. The van der Waals surface area contributed by atoms with Gasteiger partial charge in [-0.05, 0) is 32.1 Å². The minimum atomic E-state index is -0.738. The molecule has 2 fully saturated rings. The summed E-state index contributed by atoms with van der Waals surface area (Å²) in [4.78, 5) is 24.6. The Balaban J connectivity index is 2.19. The summed E-state index contributed by atoms with van der Waals surface area (Å²) >= 11 is 0. The van der Waals surface area contributed by atoms with Crippen LogP contribution in [0, 0.1) is 11.8 Å². The molecule has 0 aromatic carbocycles. The molecule has 2 rings (SSSR count). The monoisotopic (exact) mass is 211 g/mol. The molecule has 1 saturated heterocycles. The number of aliphatic carboxylic acids is 1. The molecular formula is C11H17NO3. The van der Waals surface area contributed by atoms with Gasteiger partial charge in [-0.15, -0.1) is 0 Å². The standard InChI is InChI=1S/C11H17NO3/c1-2-12-9(13)6-5-8(11(14)15)10(12)7-3-4-7/h7-8,10H,2-6H2,1H3,(H,14,15)/t8-,10+/m0/s1. The molecule has 1 amide bonds. The van der Waals surface area contributed by atoms with Crippen molar-refractivity contribution in [3.63, 3.8) is 0 Å². The minimum Gasteiger partial charge on any atom is -0.481 e. The van der Waals surface area contributed by atoms with E-state index < -0.39 is 5.97 Å². The van der Waals surface area contributed by atoms with Gasteiger partial charge >= 0.3 is 5.97 Å². The largest absolute Gasteiger partial charge is 0.481 e. The number of likely N-dealkylation sites (tertiary alicyclic amines) is 1. The van der Waals surface area contributed by atoms with E-state index >= 15 is 0 Å². The molecule has 2 aliphatic rings. The summed E-state index contributed by atoms with van der Waals surface area (Å²) in [6.07, 6.45) is 3.08. The fourth-order valence-electron chi connectivity index (χ4n) is 2.65. The van der Waals surface area contributed by atoms with Gasteiger partial charge in [-0.2, -0.15) is 0 Å². The van der Waals surface area contributed by atoms with Gasteiger partial charge in [-0.1, -0.05) is 0 Å². The van der Waals surface area contributed by atoms with Gasteiger partial charge < -0.3 is 10.0 Å². The van der Waals surface area contributed by atoms with Crippen LogP contribution in [0.3, 0.4) is 0 Å². The number of carboxylic acids is 1. The summed E-state index contributed by atoms with van der Waals surface area (Å²) in [6, 6.07) is -0.0336. The molecule has 1 N–H and O–H groups in total. The Hall–Kier alpha value is -1.06. The molecule has 4 heteroatoms. The lowest BCUT2D eigenvalue weighted by Gasteiger charge is -2.39. The Bertz CT molecular complexity index is 284. The quantitative estimate of drug-likeness (QED) is 0.760. The first-order valence-electron chi connectivity index (χ1n) is 5.67. The van der Waals surface area contributed by atoms with Crippen molar-refractivity contribution in [2.24, 2.45) is 11.8 Å². The van der Waals surface area contributed by atoms with Crippen LogP contribution in [-0.4, -0.2) is 34.5 Å². The normalized spacial score (nSPS) is 31.8. The number of piperidine rings is 1. The Morgan fingerprint density at radius 2 is 2.13 bits per heavy atom. The van der Waals surface area contributed by atoms with Crippen molar-refractivity contribution in [1.29, 1.82) is 0 Å². The van der Waals surface area contributed by atoms with Crippen LogP contribution < -0.4 is 0 Å². The first kappa shape index (κ1) is 10.5. The summed E-state index contributed by atoms with van der Waals surface area (Å²) in [7, 11) is 0. The fourth-order valence-corrected chi connectivity index (χ4v) is 2.65. The van der Waals surface area contributed by atoms with Crippen LogP contribution in [0.4, 0.5) is 0 Å². The summed E-state index contributed by atoms with van der Waals surface area (Å²) in [6.45, 7) is 2.57. The van der Waals surface area contributed by atoms with Crippen LogP contribution in [0.1, 0.15) is 32.6 Å². The average molecular weight is 211 g/mol. The molecule has 0 aromatic rings. The van der Waals surface area contributed by atoms with E-state index in [1.54, 1.807) is 4.90 Å². The van der Waals surface area contributed by atoms with E-state index in [0.717, 1.165) is 12.8 Å². The predicted octanol–water partition coefficient (Wildman–Crippen LogP) is 1.11. The van der Waals surface area contributed by atoms with Gasteiger partial charge in [-0.25, -0.2) is 0 Å². The molecule has 0 aromatic heterocycles. The lowest BCUT2D eigenvalue weighted by molar-refractivity contribution is -0.152. The molecule has 4 nitrogen and oxygen atoms in total. The number of nitrogens with zero attached hydrogens (tertiary/aromatic N) is 1. The smallest absolute Gasteiger partial charge is 0.308 e. The second-order valence-corrected chi connectivity index (χ2v) is 4.49. The Labute approximate surface area is 89.3 Å². The molecule has 0 radical (unpaired) electrons. The number of hydrogen-bond donors (Lipinski definition) is 1. The van der Waals surface area contributed by atoms with E-state index in [9.17, 15) is 9.59 Å². The zero-order valence-corrected chi connectivity index (χ0v) is 8.98. The van der Waals surface area contributed by atoms with Gasteiger partial charge in [0.1, 0.15) is 0 Å². The van der Waals surface area contributed by atoms with E-state index in [0.29, 0.717) is 25.3 Å². The van der Waals surface area contributed by atoms with Crippen molar-refractivity contribution in [2.45, 2.75) is 38.6 Å². The molecule has 1 heterocycles. The predicted molar refractivity (Wildman–Crippen MR) is 54.3 cm³/mol. The number of rotatable bonds is 3. The highest BCUT2D eigenvalue weighted by molar-refractivity contribution is 5.81. The van der Waals surface area contributed by atoms with Crippen molar-refractivity contribution in [3.05, 3.63) is 0 Å². The van der Waals surface area contributed by atoms with Crippen LogP contribution in [0.2, 0.25) is 0 Å². The SMILES string of the molecule is CCN1C(=O)CC[C@H](C(=O)O)[C@H]1C1CC1. The Kier molecular flexibility index (Phi) is 2.67. The topological polar surface area (TPSA) is 57.6 Å². The number of hydrogen-bond acceptors (Lipinski definition) is 2. The first-order chi connectivity index (χ1) is 7.15. The molecule has 0 spiro atoms. The Morgan fingerprint density at radius 1 is 1.47 bits per heavy atom. The molecule has 0 bridgehead atoms. The van der Waals surface area contributed by atoms with Gasteiger partial charge in [0, 0.05) is 19.0 Å². The van der Waals surface area contributed by atoms with E-state index in [1.807, 2.05) is 6.92 Å². The van der Waals surface area contributed by atoms with E-state index in [4.69, 9.17) is 5.11 Å². The summed E-state index contributed by atoms with van der Waals surface area (Å²) in [5, 5.41) is 9.15. The second-order valence-electron chi connectivity index (χ2n) is 4.49. The van der Waals surface area contributed by atoms with Gasteiger partial charge in [0.2, 0.25) is 5.91 Å². The third-order valence-electron chi connectivity index (χ3n) is 3.52. The van der Waals surface area contributed by atoms with Crippen LogP contribution >= 0.6 is 0 Å². The lowest BCUT2D eigenvalue weighted by atomic mass is 9.86. The van der Waals surface area contributed by atoms with Gasteiger partial charge in [0.15, 0.2) is 0 Å². The van der Waals surface area contributed by atoms with Crippen molar-refractivity contribution >= 4 is 11.9 Å². The number of carbonyl (C=O) groups is 2. The van der Waals surface area contributed by atoms with Crippen molar-refractivity contribution < 1.29 is 14.7 Å². The van der Waals surface area contributed by atoms with Gasteiger partial charge in [-0.3, -0.25) is 9.59 Å². The highest BCUT2D eigenvalue weighted by Gasteiger charge is 2.46. The lowest BCUT2D eigenvalue weighted by Crippen LogP contribution is -2.51. The van der Waals surface area contributed by atoms with Crippen LogP contribution in [0.15, 0.2) is 0 Å². The fraction of sp³-hybridized carbons (Fsp3) is 0.818. The third-order valence-corrected chi connectivity index (χ3v) is 3.52. The zero-order chi connectivity index (χ0) is 11.0. The zero-order valence-electron chi connectivity index (χ0n) is 8.98. The van der Waals surface area contributed by atoms with Crippen LogP contribution in [0.5, 0.6) is 0 Å². The first-order valence-corrected chi connectivity index (χ1v) is 5.67. The van der Waals surface area contributed by atoms with Crippen LogP contribution in [-0.2, 0) is 9.59 Å². The van der Waals surface area contributed by atoms with Crippen molar-refractivity contribution in [3.8, 4) is 0 Å². The molecular weight excluding hydrogens is 194 g/mol. The molecule has 0 unspecified atom stereocenters. The number of amides is 1. The van der Waals surface area contributed by atoms with E-state index in [1.165, 1.54) is 0 Å². The van der Waals surface area contributed by atoms with Gasteiger partial charge in [0.05, 0.1) is 5.92 Å². The highest BCUT2D eigenvalue weighted by atomic mass is 16.4. The molecule has 84 valence electrons. The molecule has 15 heavy (non-hydrogen) atoms. The Morgan fingerprint density at radius 3 is 2.60 bits per heavy atom. The molecule has 2 atom stereocenters. The average Bonchev–Trinajstić information content (AvgIpc) is 2.99. The van der Waals surface area contributed by atoms with E-state index in [-0.39, 0.29) is 17.9 Å². The molecule has 1 aliphatic heterocycles. The summed E-state index contributed by atoms with van der Waals surface area (Å²) in [5.74, 6) is -0.504. The minimum absolute atomic E-state index is 0.0336. The number of carbonyl (C=O) groups excluding carboxylic acids is 1. The maximum atomic E-state index is 11.7. The van der Waals surface area contributed by atoms with Crippen molar-refractivity contribution in [2.75, 3.05) is 6.54 Å². The van der Waals surface area contributed by atoms with Gasteiger partial charge in [0.25, 0.3) is 0 Å². The maximum Gasteiger partial charge on any atom is 0.308 e. The van der Waals surface area contributed by atoms with Crippen LogP contribution in [0.25, 0.3) is 0 Å². The summed E-state index contributed by atoms with van der Waals surface area (Å²) in [5.41, 5.74) is 0. The summed E-state index contributed by atoms with van der Waals surface area (Å²) < 4.78 is 0. The van der Waals surface area contributed by atoms with E-state index in [2.05, 4.69) is 0 Å². The second kappa shape index (κ2) is 3.83. The maximum absolute atomic E-state index is 11.7. The molecule has 1 aliphatic carbocycles. The van der Waals surface area contributed by atoms with Crippen molar-refractivity contribution in [1.82, 2.24) is 4.90 Å². The third kappa shape index (κ3) is 1.85.